The molecule has 0 saturated heterocycles. The van der Waals surface area contributed by atoms with Crippen LogP contribution in [0.15, 0.2) is 0 Å². The molecule has 0 radical (unpaired) electrons. The summed E-state index contributed by atoms with van der Waals surface area (Å²) < 4.78 is 5.08. The van der Waals surface area contributed by atoms with Gasteiger partial charge < -0.3 is 4.74 Å². The van der Waals surface area contributed by atoms with E-state index in [2.05, 4.69) is 6.92 Å². The van der Waals surface area contributed by atoms with Gasteiger partial charge >= 0.3 is 5.97 Å². The molecule has 0 heterocycles. The Morgan fingerprint density at radius 3 is 2.43 bits per heavy atom. The lowest BCUT2D eigenvalue weighted by Gasteiger charge is -2.21. The van der Waals surface area contributed by atoms with Gasteiger partial charge in [-0.3, -0.25) is 9.59 Å². The Hall–Kier alpha value is -0.860. The molecule has 0 aromatic rings. The maximum Gasteiger partial charge on any atom is 0.306 e. The van der Waals surface area contributed by atoms with Crippen LogP contribution in [0.1, 0.15) is 52.9 Å². The van der Waals surface area contributed by atoms with Gasteiger partial charge in [0.15, 0.2) is 11.9 Å². The van der Waals surface area contributed by atoms with Crippen LogP contribution >= 0.6 is 0 Å². The summed E-state index contributed by atoms with van der Waals surface area (Å²) in [6.07, 6.45) is 4.58. The van der Waals surface area contributed by atoms with Gasteiger partial charge in [-0.15, -0.1) is 0 Å². The fourth-order valence-electron chi connectivity index (χ4n) is 1.01. The summed E-state index contributed by atoms with van der Waals surface area (Å²) in [5.41, 5.74) is -0.927. The predicted octanol–water partition coefficient (Wildman–Crippen LogP) is 2.48. The van der Waals surface area contributed by atoms with Crippen molar-refractivity contribution < 1.29 is 14.3 Å². The largest absolute Gasteiger partial charge is 0.452 e. The monoisotopic (exact) mass is 200 g/mol. The molecule has 3 heteroatoms. The zero-order valence-corrected chi connectivity index (χ0v) is 9.34. The molecule has 3 nitrogen and oxygen atoms in total. The Morgan fingerprint density at radius 2 is 2.00 bits per heavy atom. The summed E-state index contributed by atoms with van der Waals surface area (Å²) >= 11 is 0. The summed E-state index contributed by atoms with van der Waals surface area (Å²) in [5, 5.41) is 0. The normalized spacial score (nSPS) is 14.5. The van der Waals surface area contributed by atoms with Gasteiger partial charge in [0.25, 0.3) is 0 Å². The SMILES string of the molecule is CCCCCC(=O)OC(C)(C=O)CC. The van der Waals surface area contributed by atoms with E-state index in [1.807, 2.05) is 6.92 Å². The molecule has 0 fully saturated rings. The lowest BCUT2D eigenvalue weighted by atomic mass is 10.1. The molecule has 1 atom stereocenters. The standard InChI is InChI=1S/C11H20O3/c1-4-6-7-8-10(13)14-11(3,5-2)9-12/h9H,4-8H2,1-3H3. The molecule has 0 aliphatic rings. The second-order valence-corrected chi connectivity index (χ2v) is 3.72. The van der Waals surface area contributed by atoms with Crippen molar-refractivity contribution in [3.8, 4) is 0 Å². The second-order valence-electron chi connectivity index (χ2n) is 3.72. The third-order valence-electron chi connectivity index (χ3n) is 2.28. The van der Waals surface area contributed by atoms with Gasteiger partial charge in [-0.1, -0.05) is 26.7 Å². The van der Waals surface area contributed by atoms with Crippen molar-refractivity contribution in [3.05, 3.63) is 0 Å². The van der Waals surface area contributed by atoms with E-state index < -0.39 is 5.60 Å². The smallest absolute Gasteiger partial charge is 0.306 e. The molecule has 0 aromatic carbocycles. The van der Waals surface area contributed by atoms with Crippen LogP contribution in [0.2, 0.25) is 0 Å². The first-order valence-corrected chi connectivity index (χ1v) is 5.26. The number of carbonyl (C=O) groups is 2. The van der Waals surface area contributed by atoms with E-state index in [0.717, 1.165) is 19.3 Å². The predicted molar refractivity (Wildman–Crippen MR) is 55.0 cm³/mol. The van der Waals surface area contributed by atoms with Gasteiger partial charge in [0.05, 0.1) is 0 Å². The first kappa shape index (κ1) is 13.1. The van der Waals surface area contributed by atoms with Crippen molar-refractivity contribution in [2.24, 2.45) is 0 Å². The average Bonchev–Trinajstić information content (AvgIpc) is 2.18. The molecule has 0 spiro atoms. The van der Waals surface area contributed by atoms with Crippen molar-refractivity contribution in [2.45, 2.75) is 58.5 Å². The molecule has 0 rings (SSSR count). The highest BCUT2D eigenvalue weighted by Crippen LogP contribution is 2.13. The van der Waals surface area contributed by atoms with Gasteiger partial charge in [-0.05, 0) is 19.8 Å². The van der Waals surface area contributed by atoms with Crippen molar-refractivity contribution >= 4 is 12.3 Å². The number of unbranched alkanes of at least 4 members (excludes halogenated alkanes) is 2. The molecule has 0 saturated carbocycles. The van der Waals surface area contributed by atoms with E-state index in [9.17, 15) is 9.59 Å². The molecule has 0 aliphatic heterocycles. The molecule has 0 amide bonds. The van der Waals surface area contributed by atoms with Gasteiger partial charge in [0.2, 0.25) is 0 Å². The average molecular weight is 200 g/mol. The number of aldehydes is 1. The van der Waals surface area contributed by atoms with Crippen LogP contribution in [0.4, 0.5) is 0 Å². The number of hydrogen-bond acceptors (Lipinski definition) is 3. The van der Waals surface area contributed by atoms with Crippen LogP contribution in [-0.2, 0) is 14.3 Å². The lowest BCUT2D eigenvalue weighted by molar-refractivity contribution is -0.161. The summed E-state index contributed by atoms with van der Waals surface area (Å²) in [6, 6.07) is 0. The highest BCUT2D eigenvalue weighted by Gasteiger charge is 2.25. The molecular weight excluding hydrogens is 180 g/mol. The van der Waals surface area contributed by atoms with Crippen molar-refractivity contribution in [1.29, 1.82) is 0 Å². The highest BCUT2D eigenvalue weighted by molar-refractivity contribution is 5.74. The molecule has 0 bridgehead atoms. The fraction of sp³-hybridized carbons (Fsp3) is 0.818. The number of carbonyl (C=O) groups excluding carboxylic acids is 2. The first-order valence-electron chi connectivity index (χ1n) is 5.26. The zero-order chi connectivity index (χ0) is 11.0. The minimum Gasteiger partial charge on any atom is -0.452 e. The molecule has 14 heavy (non-hydrogen) atoms. The minimum absolute atomic E-state index is 0.269. The molecule has 0 aliphatic carbocycles. The first-order chi connectivity index (χ1) is 6.58. The van der Waals surface area contributed by atoms with E-state index in [-0.39, 0.29) is 5.97 Å². The van der Waals surface area contributed by atoms with Crippen molar-refractivity contribution in [2.75, 3.05) is 0 Å². The van der Waals surface area contributed by atoms with Crippen LogP contribution in [0, 0.1) is 0 Å². The number of ether oxygens (including phenoxy) is 1. The van der Waals surface area contributed by atoms with Gasteiger partial charge in [-0.25, -0.2) is 0 Å². The quantitative estimate of drug-likeness (QED) is 0.360. The lowest BCUT2D eigenvalue weighted by Crippen LogP contribution is -2.32. The second kappa shape index (κ2) is 6.57. The van der Waals surface area contributed by atoms with E-state index in [1.165, 1.54) is 0 Å². The van der Waals surface area contributed by atoms with Crippen molar-refractivity contribution in [3.63, 3.8) is 0 Å². The summed E-state index contributed by atoms with van der Waals surface area (Å²) in [4.78, 5) is 21.9. The Balaban J connectivity index is 3.85. The van der Waals surface area contributed by atoms with Crippen LogP contribution in [-0.4, -0.2) is 17.9 Å². The van der Waals surface area contributed by atoms with Crippen molar-refractivity contribution in [1.82, 2.24) is 0 Å². The number of rotatable bonds is 7. The number of hydrogen-bond donors (Lipinski definition) is 0. The van der Waals surface area contributed by atoms with E-state index in [0.29, 0.717) is 19.1 Å². The maximum atomic E-state index is 11.3. The summed E-state index contributed by atoms with van der Waals surface area (Å²) in [6.45, 7) is 5.54. The molecule has 0 N–H and O–H groups in total. The third-order valence-corrected chi connectivity index (χ3v) is 2.28. The third kappa shape index (κ3) is 5.00. The zero-order valence-electron chi connectivity index (χ0n) is 9.34. The van der Waals surface area contributed by atoms with Gasteiger partial charge in [0, 0.05) is 6.42 Å². The van der Waals surface area contributed by atoms with Crippen LogP contribution < -0.4 is 0 Å². The molecular formula is C11H20O3. The molecule has 0 aromatic heterocycles. The minimum atomic E-state index is -0.927. The Kier molecular flexibility index (Phi) is 6.17. The van der Waals surface area contributed by atoms with Gasteiger partial charge in [-0.2, -0.15) is 0 Å². The summed E-state index contributed by atoms with van der Waals surface area (Å²) in [5.74, 6) is -0.269. The number of esters is 1. The van der Waals surface area contributed by atoms with Crippen LogP contribution in [0.25, 0.3) is 0 Å². The Bertz CT molecular complexity index is 189. The topological polar surface area (TPSA) is 43.4 Å². The van der Waals surface area contributed by atoms with Crippen LogP contribution in [0.3, 0.4) is 0 Å². The van der Waals surface area contributed by atoms with E-state index in [4.69, 9.17) is 4.74 Å². The summed E-state index contributed by atoms with van der Waals surface area (Å²) in [7, 11) is 0. The van der Waals surface area contributed by atoms with E-state index >= 15 is 0 Å². The molecule has 82 valence electrons. The maximum absolute atomic E-state index is 11.3. The Labute approximate surface area is 85.8 Å². The molecule has 1 unspecified atom stereocenters. The Morgan fingerprint density at radius 1 is 1.36 bits per heavy atom. The highest BCUT2D eigenvalue weighted by atomic mass is 16.6. The van der Waals surface area contributed by atoms with Gasteiger partial charge in [0.1, 0.15) is 0 Å². The van der Waals surface area contributed by atoms with E-state index in [1.54, 1.807) is 6.92 Å². The fourth-order valence-corrected chi connectivity index (χ4v) is 1.01. The van der Waals surface area contributed by atoms with Crippen LogP contribution in [0.5, 0.6) is 0 Å².